The van der Waals surface area contributed by atoms with Crippen molar-refractivity contribution in [2.45, 2.75) is 19.4 Å². The molecule has 0 saturated heterocycles. The molecule has 0 unspecified atom stereocenters. The van der Waals surface area contributed by atoms with E-state index in [9.17, 15) is 4.79 Å². The van der Waals surface area contributed by atoms with Crippen LogP contribution in [0.15, 0.2) is 72.8 Å². The van der Waals surface area contributed by atoms with Gasteiger partial charge >= 0.3 is 0 Å². The number of nitrogens with zero attached hydrogens (tertiary/aromatic N) is 2. The molecule has 1 heterocycles. The number of hydrogen-bond acceptors (Lipinski definition) is 3. The molecule has 0 aliphatic heterocycles. The molecule has 164 valence electrons. The number of para-hydroxylation sites is 3. The fourth-order valence-electron chi connectivity index (χ4n) is 3.50. The third-order valence-corrected chi connectivity index (χ3v) is 5.81. The van der Waals surface area contributed by atoms with E-state index in [0.717, 1.165) is 35.3 Å². The Morgan fingerprint density at radius 1 is 0.969 bits per heavy atom. The lowest BCUT2D eigenvalue weighted by molar-refractivity contribution is -0.123. The van der Waals surface area contributed by atoms with Gasteiger partial charge in [-0.1, -0.05) is 59.6 Å². The number of imidazole rings is 1. The van der Waals surface area contributed by atoms with Crippen LogP contribution in [0.25, 0.3) is 11.0 Å². The van der Waals surface area contributed by atoms with Crippen molar-refractivity contribution in [2.24, 2.45) is 0 Å². The van der Waals surface area contributed by atoms with E-state index in [0.29, 0.717) is 28.9 Å². The molecule has 0 spiro atoms. The highest BCUT2D eigenvalue weighted by Crippen LogP contribution is 2.25. The van der Waals surface area contributed by atoms with Crippen molar-refractivity contribution in [1.82, 2.24) is 14.9 Å². The van der Waals surface area contributed by atoms with E-state index in [-0.39, 0.29) is 12.5 Å². The number of carbonyl (C=O) groups is 1. The fourth-order valence-corrected chi connectivity index (χ4v) is 3.82. The van der Waals surface area contributed by atoms with E-state index in [1.807, 2.05) is 66.7 Å². The lowest BCUT2D eigenvalue weighted by atomic mass is 10.2. The van der Waals surface area contributed by atoms with Gasteiger partial charge in [-0.25, -0.2) is 4.98 Å². The number of aromatic nitrogens is 2. The Balaban J connectivity index is 1.36. The van der Waals surface area contributed by atoms with Crippen LogP contribution >= 0.6 is 23.2 Å². The second kappa shape index (κ2) is 10.5. The van der Waals surface area contributed by atoms with Crippen LogP contribution in [-0.4, -0.2) is 28.6 Å². The topological polar surface area (TPSA) is 56.1 Å². The van der Waals surface area contributed by atoms with Crippen LogP contribution < -0.4 is 10.1 Å². The third-order valence-electron chi connectivity index (χ3n) is 5.07. The molecule has 1 aromatic heterocycles. The first-order valence-corrected chi connectivity index (χ1v) is 11.2. The van der Waals surface area contributed by atoms with Gasteiger partial charge in [-0.2, -0.15) is 0 Å². The fraction of sp³-hybridized carbons (Fsp3) is 0.200. The molecule has 5 nitrogen and oxygen atoms in total. The number of fused-ring (bicyclic) bond motifs is 1. The summed E-state index contributed by atoms with van der Waals surface area (Å²) >= 11 is 12.3. The molecule has 0 aliphatic rings. The average Bonchev–Trinajstić information content (AvgIpc) is 3.15. The van der Waals surface area contributed by atoms with Gasteiger partial charge in [0.15, 0.2) is 6.61 Å². The molecule has 4 rings (SSSR count). The Morgan fingerprint density at radius 3 is 2.56 bits per heavy atom. The van der Waals surface area contributed by atoms with Crippen molar-refractivity contribution in [3.63, 3.8) is 0 Å². The van der Waals surface area contributed by atoms with Crippen LogP contribution in [0.4, 0.5) is 0 Å². The van der Waals surface area contributed by atoms with Gasteiger partial charge in [0.1, 0.15) is 11.6 Å². The summed E-state index contributed by atoms with van der Waals surface area (Å²) in [6.07, 6.45) is 1.50. The number of nitrogens with one attached hydrogen (secondary N) is 1. The summed E-state index contributed by atoms with van der Waals surface area (Å²) in [5.74, 6) is 1.50. The number of amides is 1. The minimum absolute atomic E-state index is 0.000147. The number of hydrogen-bond donors (Lipinski definition) is 1. The molecule has 0 atom stereocenters. The van der Waals surface area contributed by atoms with Gasteiger partial charge in [0.05, 0.1) is 21.1 Å². The van der Waals surface area contributed by atoms with Crippen molar-refractivity contribution in [3.8, 4) is 5.75 Å². The Hall–Kier alpha value is -3.02. The molecule has 0 radical (unpaired) electrons. The maximum atomic E-state index is 12.1. The van der Waals surface area contributed by atoms with Gasteiger partial charge in [-0.3, -0.25) is 4.79 Å². The smallest absolute Gasteiger partial charge is 0.257 e. The molecule has 1 N–H and O–H groups in total. The average molecular weight is 468 g/mol. The normalized spacial score (nSPS) is 10.9. The molecular formula is C25H23Cl2N3O2. The molecule has 0 saturated carbocycles. The van der Waals surface area contributed by atoms with Gasteiger partial charge in [0.25, 0.3) is 5.91 Å². The summed E-state index contributed by atoms with van der Waals surface area (Å²) in [5.41, 5.74) is 3.06. The molecule has 1 amide bonds. The van der Waals surface area contributed by atoms with E-state index in [2.05, 4.69) is 16.0 Å². The maximum absolute atomic E-state index is 12.1. The number of carbonyl (C=O) groups excluding carboxylic acids is 1. The summed E-state index contributed by atoms with van der Waals surface area (Å²) in [6, 6.07) is 23.0. The Morgan fingerprint density at radius 2 is 1.75 bits per heavy atom. The van der Waals surface area contributed by atoms with Crippen molar-refractivity contribution >= 4 is 40.1 Å². The lowest BCUT2D eigenvalue weighted by Gasteiger charge is -2.11. The van der Waals surface area contributed by atoms with Crippen molar-refractivity contribution in [2.75, 3.05) is 13.2 Å². The van der Waals surface area contributed by atoms with Gasteiger partial charge in [-0.05, 0) is 48.4 Å². The molecule has 0 bridgehead atoms. The standard InChI is InChI=1S/C25H23Cl2N3O2/c26-20-13-12-18(15-21(20)27)16-30-23-10-5-4-9-22(23)29-24(30)11-6-14-28-25(31)17-32-19-7-2-1-3-8-19/h1-5,7-10,12-13,15H,6,11,14,16-17H2,(H,28,31). The van der Waals surface area contributed by atoms with E-state index in [1.165, 1.54) is 0 Å². The first kappa shape index (κ1) is 22.2. The molecular weight excluding hydrogens is 445 g/mol. The van der Waals surface area contributed by atoms with Crippen LogP contribution in [0, 0.1) is 0 Å². The van der Waals surface area contributed by atoms with Crippen LogP contribution in [0.3, 0.4) is 0 Å². The summed E-state index contributed by atoms with van der Waals surface area (Å²) in [5, 5.41) is 3.98. The third kappa shape index (κ3) is 5.61. The number of aryl methyl sites for hydroxylation is 1. The summed E-state index contributed by atoms with van der Waals surface area (Å²) < 4.78 is 7.67. The molecule has 0 fully saturated rings. The molecule has 32 heavy (non-hydrogen) atoms. The summed E-state index contributed by atoms with van der Waals surface area (Å²) in [4.78, 5) is 16.9. The maximum Gasteiger partial charge on any atom is 0.257 e. The Labute approximate surface area is 196 Å². The van der Waals surface area contributed by atoms with Crippen LogP contribution in [0.1, 0.15) is 17.8 Å². The minimum Gasteiger partial charge on any atom is -0.484 e. The zero-order chi connectivity index (χ0) is 22.3. The van der Waals surface area contributed by atoms with Gasteiger partial charge in [0.2, 0.25) is 0 Å². The zero-order valence-electron chi connectivity index (χ0n) is 17.4. The van der Waals surface area contributed by atoms with E-state index in [1.54, 1.807) is 0 Å². The first-order chi connectivity index (χ1) is 15.6. The zero-order valence-corrected chi connectivity index (χ0v) is 18.9. The minimum atomic E-state index is -0.141. The Kier molecular flexibility index (Phi) is 7.30. The van der Waals surface area contributed by atoms with E-state index in [4.69, 9.17) is 32.9 Å². The van der Waals surface area contributed by atoms with Gasteiger partial charge in [-0.15, -0.1) is 0 Å². The van der Waals surface area contributed by atoms with Crippen LogP contribution in [0.2, 0.25) is 10.0 Å². The molecule has 4 aromatic rings. The highest BCUT2D eigenvalue weighted by molar-refractivity contribution is 6.42. The predicted molar refractivity (Wildman–Crippen MR) is 129 cm³/mol. The quantitative estimate of drug-likeness (QED) is 0.329. The highest BCUT2D eigenvalue weighted by atomic mass is 35.5. The largest absolute Gasteiger partial charge is 0.484 e. The first-order valence-electron chi connectivity index (χ1n) is 10.4. The SMILES string of the molecule is O=C(COc1ccccc1)NCCCc1nc2ccccc2n1Cc1ccc(Cl)c(Cl)c1. The monoisotopic (exact) mass is 467 g/mol. The van der Waals surface area contributed by atoms with Gasteiger partial charge in [0, 0.05) is 19.5 Å². The van der Waals surface area contributed by atoms with E-state index < -0.39 is 0 Å². The predicted octanol–water partition coefficient (Wildman–Crippen LogP) is 5.52. The number of halogens is 2. The lowest BCUT2D eigenvalue weighted by Crippen LogP contribution is -2.30. The Bertz CT molecular complexity index is 1210. The number of benzene rings is 3. The summed E-state index contributed by atoms with van der Waals surface area (Å²) in [7, 11) is 0. The van der Waals surface area contributed by atoms with Crippen molar-refractivity contribution in [1.29, 1.82) is 0 Å². The molecule has 7 heteroatoms. The number of rotatable bonds is 9. The second-order valence-corrected chi connectivity index (χ2v) is 8.22. The van der Waals surface area contributed by atoms with E-state index >= 15 is 0 Å². The highest BCUT2D eigenvalue weighted by Gasteiger charge is 2.12. The summed E-state index contributed by atoms with van der Waals surface area (Å²) in [6.45, 7) is 1.19. The van der Waals surface area contributed by atoms with Crippen LogP contribution in [0.5, 0.6) is 5.75 Å². The second-order valence-electron chi connectivity index (χ2n) is 7.41. The van der Waals surface area contributed by atoms with Crippen LogP contribution in [-0.2, 0) is 17.8 Å². The van der Waals surface area contributed by atoms with Crippen molar-refractivity contribution < 1.29 is 9.53 Å². The molecule has 3 aromatic carbocycles. The number of ether oxygens (including phenoxy) is 1. The molecule has 0 aliphatic carbocycles. The van der Waals surface area contributed by atoms with Crippen molar-refractivity contribution in [3.05, 3.63) is 94.2 Å². The van der Waals surface area contributed by atoms with Gasteiger partial charge < -0.3 is 14.6 Å².